The van der Waals surface area contributed by atoms with E-state index in [1.54, 1.807) is 5.57 Å². The fourth-order valence-electron chi connectivity index (χ4n) is 2.05. The van der Waals surface area contributed by atoms with Crippen molar-refractivity contribution < 1.29 is 0 Å². The van der Waals surface area contributed by atoms with Gasteiger partial charge in [0.05, 0.1) is 0 Å². The fourth-order valence-corrected chi connectivity index (χ4v) is 2.05. The topological polar surface area (TPSA) is 26.0 Å². The first-order valence-electron chi connectivity index (χ1n) is 5.12. The fraction of sp³-hybridized carbons (Fsp3) is 0.818. The molecule has 0 aliphatic heterocycles. The smallest absolute Gasteiger partial charge is 0.0109 e. The predicted molar refractivity (Wildman–Crippen MR) is 53.9 cm³/mol. The Hall–Kier alpha value is -0.300. The molecule has 1 rings (SSSR count). The Bertz CT molecular complexity index is 158. The second-order valence-corrected chi connectivity index (χ2v) is 4.20. The van der Waals surface area contributed by atoms with Crippen molar-refractivity contribution in [3.63, 3.8) is 0 Å². The molecule has 0 aromatic rings. The van der Waals surface area contributed by atoms with Crippen molar-refractivity contribution in [3.05, 3.63) is 11.6 Å². The highest BCUT2D eigenvalue weighted by Gasteiger charge is 2.19. The van der Waals surface area contributed by atoms with E-state index < -0.39 is 0 Å². The third kappa shape index (κ3) is 2.63. The summed E-state index contributed by atoms with van der Waals surface area (Å²) in [5, 5.41) is 0. The van der Waals surface area contributed by atoms with Gasteiger partial charge in [-0.1, -0.05) is 25.5 Å². The summed E-state index contributed by atoms with van der Waals surface area (Å²) in [6, 6.07) is 0. The SMILES string of the molecule is CC(C)C1CCCC(=CCN)C1. The molecule has 0 spiro atoms. The highest BCUT2D eigenvalue weighted by atomic mass is 14.5. The van der Waals surface area contributed by atoms with Gasteiger partial charge in [0.1, 0.15) is 0 Å². The molecule has 1 saturated carbocycles. The Labute approximate surface area is 76.0 Å². The summed E-state index contributed by atoms with van der Waals surface area (Å²) in [7, 11) is 0. The van der Waals surface area contributed by atoms with Crippen molar-refractivity contribution in [1.82, 2.24) is 0 Å². The van der Waals surface area contributed by atoms with E-state index >= 15 is 0 Å². The summed E-state index contributed by atoms with van der Waals surface area (Å²) in [6.45, 7) is 5.38. The Morgan fingerprint density at radius 3 is 2.92 bits per heavy atom. The predicted octanol–water partition coefficient (Wildman–Crippen LogP) is 2.72. The van der Waals surface area contributed by atoms with Crippen LogP contribution in [0, 0.1) is 11.8 Å². The van der Waals surface area contributed by atoms with Crippen LogP contribution in [0.1, 0.15) is 39.5 Å². The van der Waals surface area contributed by atoms with E-state index in [1.165, 1.54) is 25.7 Å². The van der Waals surface area contributed by atoms with Gasteiger partial charge in [0.15, 0.2) is 0 Å². The Morgan fingerprint density at radius 2 is 2.33 bits per heavy atom. The molecule has 70 valence electrons. The molecule has 0 bridgehead atoms. The van der Waals surface area contributed by atoms with Crippen LogP contribution < -0.4 is 5.73 Å². The summed E-state index contributed by atoms with van der Waals surface area (Å²) >= 11 is 0. The molecule has 0 saturated heterocycles. The van der Waals surface area contributed by atoms with Gasteiger partial charge in [0.2, 0.25) is 0 Å². The summed E-state index contributed by atoms with van der Waals surface area (Å²) in [4.78, 5) is 0. The second kappa shape index (κ2) is 4.66. The lowest BCUT2D eigenvalue weighted by Crippen LogP contribution is -2.14. The van der Waals surface area contributed by atoms with Crippen LogP contribution in [0.15, 0.2) is 11.6 Å². The standard InChI is InChI=1S/C11H21N/c1-9(2)11-5-3-4-10(8-11)6-7-12/h6,9,11H,3-5,7-8,12H2,1-2H3. The lowest BCUT2D eigenvalue weighted by atomic mass is 9.79. The van der Waals surface area contributed by atoms with Gasteiger partial charge < -0.3 is 5.73 Å². The molecule has 1 unspecified atom stereocenters. The van der Waals surface area contributed by atoms with E-state index in [0.717, 1.165) is 18.4 Å². The maximum Gasteiger partial charge on any atom is 0.0109 e. The average molecular weight is 167 g/mol. The van der Waals surface area contributed by atoms with Crippen LogP contribution in [0.5, 0.6) is 0 Å². The third-order valence-corrected chi connectivity index (χ3v) is 2.95. The summed E-state index contributed by atoms with van der Waals surface area (Å²) in [6.07, 6.45) is 7.60. The van der Waals surface area contributed by atoms with Crippen molar-refractivity contribution in [3.8, 4) is 0 Å². The zero-order valence-electron chi connectivity index (χ0n) is 8.34. The molecule has 1 fully saturated rings. The molecule has 0 aromatic carbocycles. The molecule has 1 nitrogen and oxygen atoms in total. The van der Waals surface area contributed by atoms with Crippen LogP contribution >= 0.6 is 0 Å². The molecule has 1 aliphatic carbocycles. The average Bonchev–Trinajstić information content (AvgIpc) is 2.05. The Balaban J connectivity index is 2.46. The van der Waals surface area contributed by atoms with E-state index in [2.05, 4.69) is 19.9 Å². The van der Waals surface area contributed by atoms with Gasteiger partial charge in [0.25, 0.3) is 0 Å². The monoisotopic (exact) mass is 167 g/mol. The zero-order valence-corrected chi connectivity index (χ0v) is 8.34. The van der Waals surface area contributed by atoms with Crippen LogP contribution in [-0.4, -0.2) is 6.54 Å². The first-order chi connectivity index (χ1) is 5.74. The lowest BCUT2D eigenvalue weighted by molar-refractivity contribution is 0.319. The van der Waals surface area contributed by atoms with Gasteiger partial charge >= 0.3 is 0 Å². The van der Waals surface area contributed by atoms with E-state index in [-0.39, 0.29) is 0 Å². The van der Waals surface area contributed by atoms with Crippen LogP contribution in [0.3, 0.4) is 0 Å². The number of hydrogen-bond acceptors (Lipinski definition) is 1. The molecule has 2 N–H and O–H groups in total. The Kier molecular flexibility index (Phi) is 3.80. The van der Waals surface area contributed by atoms with Crippen LogP contribution in [-0.2, 0) is 0 Å². The minimum Gasteiger partial charge on any atom is -0.327 e. The van der Waals surface area contributed by atoms with Gasteiger partial charge in [-0.05, 0) is 37.5 Å². The van der Waals surface area contributed by atoms with Crippen LogP contribution in [0.25, 0.3) is 0 Å². The minimum atomic E-state index is 0.722. The third-order valence-electron chi connectivity index (χ3n) is 2.95. The molecule has 0 amide bonds. The molecule has 0 heterocycles. The van der Waals surface area contributed by atoms with Crippen LogP contribution in [0.4, 0.5) is 0 Å². The van der Waals surface area contributed by atoms with Gasteiger partial charge in [0, 0.05) is 6.54 Å². The van der Waals surface area contributed by atoms with Crippen LogP contribution in [0.2, 0.25) is 0 Å². The minimum absolute atomic E-state index is 0.722. The zero-order chi connectivity index (χ0) is 8.97. The quantitative estimate of drug-likeness (QED) is 0.629. The number of allylic oxidation sites excluding steroid dienone is 1. The number of nitrogens with two attached hydrogens (primary N) is 1. The van der Waals surface area contributed by atoms with Gasteiger partial charge in [-0.2, -0.15) is 0 Å². The van der Waals surface area contributed by atoms with E-state index in [0.29, 0.717) is 0 Å². The molecular formula is C11H21N. The molecule has 1 aliphatic rings. The number of rotatable bonds is 2. The number of hydrogen-bond donors (Lipinski definition) is 1. The van der Waals surface area contributed by atoms with Crippen molar-refractivity contribution in [1.29, 1.82) is 0 Å². The lowest BCUT2D eigenvalue weighted by Gasteiger charge is -2.27. The van der Waals surface area contributed by atoms with Crippen molar-refractivity contribution in [2.45, 2.75) is 39.5 Å². The van der Waals surface area contributed by atoms with Crippen molar-refractivity contribution in [2.75, 3.05) is 6.54 Å². The summed E-state index contributed by atoms with van der Waals surface area (Å²) < 4.78 is 0. The second-order valence-electron chi connectivity index (χ2n) is 4.20. The largest absolute Gasteiger partial charge is 0.327 e. The summed E-state index contributed by atoms with van der Waals surface area (Å²) in [5.74, 6) is 1.75. The highest BCUT2D eigenvalue weighted by Crippen LogP contribution is 2.32. The van der Waals surface area contributed by atoms with E-state index in [1.807, 2.05) is 0 Å². The molecular weight excluding hydrogens is 146 g/mol. The van der Waals surface area contributed by atoms with Crippen molar-refractivity contribution >= 4 is 0 Å². The maximum atomic E-state index is 5.50. The molecule has 1 heteroatoms. The summed E-state index contributed by atoms with van der Waals surface area (Å²) in [5.41, 5.74) is 7.10. The molecule has 1 atom stereocenters. The molecule has 0 aromatic heterocycles. The van der Waals surface area contributed by atoms with Gasteiger partial charge in [-0.15, -0.1) is 0 Å². The van der Waals surface area contributed by atoms with E-state index in [9.17, 15) is 0 Å². The van der Waals surface area contributed by atoms with Crippen molar-refractivity contribution in [2.24, 2.45) is 17.6 Å². The molecule has 12 heavy (non-hydrogen) atoms. The normalized spacial score (nSPS) is 28.3. The first kappa shape index (κ1) is 9.79. The first-order valence-corrected chi connectivity index (χ1v) is 5.12. The van der Waals surface area contributed by atoms with Gasteiger partial charge in [-0.3, -0.25) is 0 Å². The maximum absolute atomic E-state index is 5.50. The molecule has 0 radical (unpaired) electrons. The highest BCUT2D eigenvalue weighted by molar-refractivity contribution is 5.06. The Morgan fingerprint density at radius 1 is 1.58 bits per heavy atom. The van der Waals surface area contributed by atoms with E-state index in [4.69, 9.17) is 5.73 Å². The van der Waals surface area contributed by atoms with Gasteiger partial charge in [-0.25, -0.2) is 0 Å².